The van der Waals surface area contributed by atoms with Gasteiger partial charge in [-0.1, -0.05) is 46.8 Å². The summed E-state index contributed by atoms with van der Waals surface area (Å²) >= 11 is 0. The number of rotatable bonds is 6. The predicted molar refractivity (Wildman–Crippen MR) is 174 cm³/mol. The van der Waals surface area contributed by atoms with E-state index < -0.39 is 31.7 Å². The van der Waals surface area contributed by atoms with Gasteiger partial charge in [0.1, 0.15) is 6.10 Å². The van der Waals surface area contributed by atoms with Crippen LogP contribution in [0.25, 0.3) is 5.57 Å². The number of fused-ring (bicyclic) bond motifs is 1. The molecule has 2 aromatic rings. The van der Waals surface area contributed by atoms with Gasteiger partial charge in [-0.05, 0) is 74.7 Å². The van der Waals surface area contributed by atoms with Crippen molar-refractivity contribution in [2.75, 3.05) is 26.4 Å². The van der Waals surface area contributed by atoms with Crippen molar-refractivity contribution in [2.45, 2.75) is 109 Å². The topological polar surface area (TPSA) is 84.6 Å². The van der Waals surface area contributed by atoms with Crippen LogP contribution >= 0.6 is 0 Å². The molecule has 1 aromatic heterocycles. The van der Waals surface area contributed by atoms with Gasteiger partial charge in [0, 0.05) is 42.1 Å². The van der Waals surface area contributed by atoms with Gasteiger partial charge in [-0.15, -0.1) is 18.1 Å². The fraction of sp³-hybridized carbons (Fsp3) is 0.611. The van der Waals surface area contributed by atoms with Gasteiger partial charge in [-0.25, -0.2) is 0 Å². The summed E-state index contributed by atoms with van der Waals surface area (Å²) in [7, 11) is -2.28. The molecular formula is C36H47F3N2O4Si-. The summed E-state index contributed by atoms with van der Waals surface area (Å²) in [5, 5.41) is 22.0. The minimum absolute atomic E-state index is 0.00225. The highest BCUT2D eigenvalue weighted by atomic mass is 28.4. The van der Waals surface area contributed by atoms with E-state index in [9.17, 15) is 23.5 Å². The Labute approximate surface area is 272 Å². The molecule has 2 atom stereocenters. The zero-order valence-electron chi connectivity index (χ0n) is 28.1. The van der Waals surface area contributed by atoms with E-state index >= 15 is 0 Å². The fourth-order valence-electron chi connectivity index (χ4n) is 6.82. The largest absolute Gasteiger partial charge is 0.559 e. The van der Waals surface area contributed by atoms with Crippen LogP contribution in [0.2, 0.25) is 18.1 Å². The van der Waals surface area contributed by atoms with Gasteiger partial charge in [0.05, 0.1) is 36.1 Å². The Hall–Kier alpha value is -2.55. The van der Waals surface area contributed by atoms with Crippen molar-refractivity contribution >= 4 is 13.9 Å². The molecule has 3 aliphatic rings. The number of aliphatic hydroxyl groups excluding tert-OH is 1. The van der Waals surface area contributed by atoms with Crippen LogP contribution < -0.4 is 0 Å². The average molecular weight is 657 g/mol. The van der Waals surface area contributed by atoms with Crippen molar-refractivity contribution in [3.63, 3.8) is 0 Å². The molecule has 0 bridgehead atoms. The van der Waals surface area contributed by atoms with Crippen LogP contribution in [0.4, 0.5) is 13.2 Å². The van der Waals surface area contributed by atoms with Crippen molar-refractivity contribution in [3.8, 4) is 6.07 Å². The summed E-state index contributed by atoms with van der Waals surface area (Å²) in [5.74, 6) is -0.00225. The Morgan fingerprint density at radius 2 is 1.80 bits per heavy atom. The molecule has 1 aliphatic carbocycles. The van der Waals surface area contributed by atoms with Gasteiger partial charge in [-0.2, -0.15) is 18.4 Å². The lowest BCUT2D eigenvalue weighted by molar-refractivity contribution is -0.137. The molecule has 1 saturated heterocycles. The molecule has 46 heavy (non-hydrogen) atoms. The van der Waals surface area contributed by atoms with Gasteiger partial charge in [0.15, 0.2) is 0 Å². The van der Waals surface area contributed by atoms with Gasteiger partial charge in [0.2, 0.25) is 0 Å². The Bertz CT molecular complexity index is 1530. The molecule has 0 saturated carbocycles. The van der Waals surface area contributed by atoms with Crippen LogP contribution in [0.15, 0.2) is 24.3 Å². The number of pyridine rings is 1. The van der Waals surface area contributed by atoms with E-state index in [4.69, 9.17) is 18.9 Å². The van der Waals surface area contributed by atoms with E-state index in [1.54, 1.807) is 6.07 Å². The highest BCUT2D eigenvalue weighted by Crippen LogP contribution is 2.52. The van der Waals surface area contributed by atoms with Crippen LogP contribution in [0.1, 0.15) is 123 Å². The van der Waals surface area contributed by atoms with Crippen LogP contribution in [0.3, 0.4) is 0 Å². The highest BCUT2D eigenvalue weighted by molar-refractivity contribution is 6.74. The maximum Gasteiger partial charge on any atom is 0.417 e. The lowest BCUT2D eigenvalue weighted by Gasteiger charge is -2.53. The van der Waals surface area contributed by atoms with Crippen LogP contribution in [0, 0.1) is 16.7 Å². The molecule has 0 spiro atoms. The summed E-state index contributed by atoms with van der Waals surface area (Å²) in [6.07, 6.45) is -0.648. The number of aliphatic hydroxyl groups is 1. The molecule has 251 valence electrons. The van der Waals surface area contributed by atoms with Crippen LogP contribution in [0.5, 0.6) is 0 Å². The first-order valence-corrected chi connectivity index (χ1v) is 19.2. The third-order valence-corrected chi connectivity index (χ3v) is 14.8. The molecule has 10 heteroatoms. The minimum atomic E-state index is -4.69. The number of hydrogen-bond donors (Lipinski definition) is 1. The third kappa shape index (κ3) is 7.00. The predicted octanol–water partition coefficient (Wildman–Crippen LogP) is 8.79. The normalized spacial score (nSPS) is 21.7. The SMILES string of the molecule is CC1(C)Cc2nc(C3CCOCC3)c([C@H](O)c3ccc(C(F)(F)F)c(C#N)c3)c(C3=CCOCC3)c2[C@@H](O[Si-](C)(C)C(C)(C)C)C1. The van der Waals surface area contributed by atoms with Crippen molar-refractivity contribution < 1.29 is 32.2 Å². The molecule has 3 heterocycles. The molecule has 0 amide bonds. The Balaban J connectivity index is 1.82. The lowest BCUT2D eigenvalue weighted by Crippen LogP contribution is -2.44. The number of hydrogen-bond acceptors (Lipinski definition) is 6. The highest BCUT2D eigenvalue weighted by Gasteiger charge is 2.42. The van der Waals surface area contributed by atoms with Gasteiger partial charge >= 0.3 is 6.18 Å². The quantitative estimate of drug-likeness (QED) is 0.313. The van der Waals surface area contributed by atoms with Gasteiger partial charge in [-0.3, -0.25) is 4.98 Å². The first kappa shape index (κ1) is 34.8. The second-order valence-corrected chi connectivity index (χ2v) is 20.1. The van der Waals surface area contributed by atoms with E-state index in [1.807, 2.05) is 0 Å². The second-order valence-electron chi connectivity index (χ2n) is 15.3. The van der Waals surface area contributed by atoms with E-state index in [0.717, 1.165) is 59.8 Å². The Morgan fingerprint density at radius 3 is 2.39 bits per heavy atom. The summed E-state index contributed by atoms with van der Waals surface area (Å²) in [6.45, 7) is 17.7. The molecule has 5 rings (SSSR count). The third-order valence-electron chi connectivity index (χ3n) is 10.3. The molecule has 0 unspecified atom stereocenters. The number of aromatic nitrogens is 1. The van der Waals surface area contributed by atoms with Crippen molar-refractivity contribution in [1.82, 2.24) is 4.98 Å². The molecule has 2 aliphatic heterocycles. The number of halogens is 3. The van der Waals surface area contributed by atoms with Crippen molar-refractivity contribution in [3.05, 3.63) is 69.0 Å². The monoisotopic (exact) mass is 656 g/mol. The molecule has 6 nitrogen and oxygen atoms in total. The minimum Gasteiger partial charge on any atom is -0.559 e. The van der Waals surface area contributed by atoms with E-state index in [-0.39, 0.29) is 28.0 Å². The molecular weight excluding hydrogens is 609 g/mol. The molecule has 1 aromatic carbocycles. The number of benzene rings is 1. The number of nitrogens with zero attached hydrogens (tertiary/aromatic N) is 2. The fourth-order valence-corrected chi connectivity index (χ4v) is 8.09. The van der Waals surface area contributed by atoms with Crippen molar-refractivity contribution in [1.29, 1.82) is 5.26 Å². The maximum atomic E-state index is 13.8. The number of alkyl halides is 3. The van der Waals surface area contributed by atoms with Crippen LogP contribution in [-0.2, 0) is 26.5 Å². The van der Waals surface area contributed by atoms with Gasteiger partial charge in [0.25, 0.3) is 0 Å². The summed E-state index contributed by atoms with van der Waals surface area (Å²) in [4.78, 5) is 5.39. The van der Waals surface area contributed by atoms with Crippen molar-refractivity contribution in [2.24, 2.45) is 5.41 Å². The average Bonchev–Trinajstić information content (AvgIpc) is 2.98. The van der Waals surface area contributed by atoms with Crippen LogP contribution in [-0.4, -0.2) is 44.8 Å². The summed E-state index contributed by atoms with van der Waals surface area (Å²) in [5.41, 5.74) is 3.84. The number of ether oxygens (including phenoxy) is 2. The smallest absolute Gasteiger partial charge is 0.417 e. The van der Waals surface area contributed by atoms with E-state index in [1.165, 1.54) is 12.1 Å². The zero-order valence-corrected chi connectivity index (χ0v) is 29.1. The second kappa shape index (κ2) is 12.8. The Morgan fingerprint density at radius 1 is 1.11 bits per heavy atom. The first-order valence-electron chi connectivity index (χ1n) is 16.3. The van der Waals surface area contributed by atoms with E-state index in [2.05, 4.69) is 53.8 Å². The first-order chi connectivity index (χ1) is 21.4. The maximum absolute atomic E-state index is 13.8. The summed E-state index contributed by atoms with van der Waals surface area (Å²) < 4.78 is 59.9. The Kier molecular flexibility index (Phi) is 9.68. The van der Waals surface area contributed by atoms with Gasteiger partial charge < -0.3 is 19.0 Å². The molecule has 0 radical (unpaired) electrons. The zero-order chi connectivity index (χ0) is 33.7. The number of nitriles is 1. The standard InChI is InChI=1S/C36H47F3N2O4Si/c1-34(2,3)46(6,7)45-28-20-35(4,5)19-27-30(28)29(22-10-14-43-15-11-22)31(32(41-27)23-12-16-44-17-13-23)33(42)24-8-9-26(36(37,38)39)25(18-24)21-40/h8-10,18,23,28,33,42H,11-17,19-20H2,1-7H3/q-1/t28-,33+/m0/s1. The van der Waals surface area contributed by atoms with E-state index in [0.29, 0.717) is 38.4 Å². The molecule has 1 N–H and O–H groups in total. The lowest BCUT2D eigenvalue weighted by atomic mass is 9.70. The molecule has 1 fully saturated rings. The summed E-state index contributed by atoms with van der Waals surface area (Å²) in [6, 6.07) is 5.07.